The Kier molecular flexibility index (Phi) is 10.4. The Morgan fingerprint density at radius 2 is 1.69 bits per heavy atom. The van der Waals surface area contributed by atoms with E-state index in [1.165, 1.54) is 48.2 Å². The molecule has 3 aromatic rings. The van der Waals surface area contributed by atoms with E-state index < -0.39 is 40.2 Å². The summed E-state index contributed by atoms with van der Waals surface area (Å²) in [5.74, 6) is -1.96. The van der Waals surface area contributed by atoms with Crippen LogP contribution in [0.5, 0.6) is 0 Å². The molecule has 0 radical (unpaired) electrons. The van der Waals surface area contributed by atoms with Gasteiger partial charge in [-0.15, -0.1) is 0 Å². The second-order valence-electron chi connectivity index (χ2n) is 9.00. The second kappa shape index (κ2) is 13.3. The van der Waals surface area contributed by atoms with Crippen molar-refractivity contribution in [2.24, 2.45) is 0 Å². The van der Waals surface area contributed by atoms with Gasteiger partial charge in [-0.3, -0.25) is 13.9 Å². The predicted octanol–water partition coefficient (Wildman–Crippen LogP) is 5.58. The first-order valence-electron chi connectivity index (χ1n) is 12.3. The van der Waals surface area contributed by atoms with Gasteiger partial charge in [0.25, 0.3) is 10.0 Å². The molecule has 11 heteroatoms. The van der Waals surface area contributed by atoms with Crippen molar-refractivity contribution in [3.8, 4) is 0 Å². The van der Waals surface area contributed by atoms with E-state index in [9.17, 15) is 22.4 Å². The van der Waals surface area contributed by atoms with Crippen LogP contribution in [-0.2, 0) is 26.2 Å². The number of rotatable bonds is 11. The number of para-hydroxylation sites is 1. The van der Waals surface area contributed by atoms with Crippen molar-refractivity contribution in [1.82, 2.24) is 10.2 Å². The van der Waals surface area contributed by atoms with E-state index in [4.69, 9.17) is 23.2 Å². The maximum Gasteiger partial charge on any atom is 0.264 e. The summed E-state index contributed by atoms with van der Waals surface area (Å²) in [7, 11) is -4.37. The smallest absolute Gasteiger partial charge is 0.264 e. The van der Waals surface area contributed by atoms with Gasteiger partial charge in [0.1, 0.15) is 18.4 Å². The lowest BCUT2D eigenvalue weighted by atomic mass is 10.1. The van der Waals surface area contributed by atoms with Crippen LogP contribution < -0.4 is 9.62 Å². The summed E-state index contributed by atoms with van der Waals surface area (Å²) in [5.41, 5.74) is 1.04. The Morgan fingerprint density at radius 3 is 2.31 bits per heavy atom. The molecule has 0 spiro atoms. The van der Waals surface area contributed by atoms with E-state index in [-0.39, 0.29) is 22.2 Å². The molecule has 0 fully saturated rings. The number of benzene rings is 3. The standard InChI is InChI=1S/C28H30Cl2FN3O4S/c1-4-15-32-28(36)20(3)33(17-21-11-12-22(29)16-24(21)30)27(35)18-34(26-8-6-5-7-25(26)31)39(37,38)23-13-9-19(2)10-14-23/h5-14,16,20H,4,15,17-18H2,1-3H3,(H,32,36)/t20-/m0/s1. The van der Waals surface area contributed by atoms with Crippen molar-refractivity contribution in [3.05, 3.63) is 93.7 Å². The van der Waals surface area contributed by atoms with Gasteiger partial charge in [-0.25, -0.2) is 12.8 Å². The number of hydrogen-bond acceptors (Lipinski definition) is 4. The first kappa shape index (κ1) is 30.4. The number of carbonyl (C=O) groups is 2. The van der Waals surface area contributed by atoms with Crippen LogP contribution in [0.1, 0.15) is 31.4 Å². The first-order valence-corrected chi connectivity index (χ1v) is 14.5. The van der Waals surface area contributed by atoms with E-state index in [0.717, 1.165) is 15.9 Å². The molecule has 0 heterocycles. The molecule has 1 atom stereocenters. The van der Waals surface area contributed by atoms with Crippen molar-refractivity contribution in [2.45, 2.75) is 44.7 Å². The zero-order valence-corrected chi connectivity index (χ0v) is 24.2. The van der Waals surface area contributed by atoms with Gasteiger partial charge in [0.15, 0.2) is 0 Å². The topological polar surface area (TPSA) is 86.8 Å². The zero-order chi connectivity index (χ0) is 28.7. The highest BCUT2D eigenvalue weighted by molar-refractivity contribution is 7.92. The van der Waals surface area contributed by atoms with E-state index >= 15 is 0 Å². The lowest BCUT2D eigenvalue weighted by Crippen LogP contribution is -2.51. The summed E-state index contributed by atoms with van der Waals surface area (Å²) >= 11 is 12.4. The highest BCUT2D eigenvalue weighted by Gasteiger charge is 2.33. The van der Waals surface area contributed by atoms with Crippen LogP contribution in [0.25, 0.3) is 0 Å². The van der Waals surface area contributed by atoms with Crippen LogP contribution in [0.3, 0.4) is 0 Å². The maximum absolute atomic E-state index is 14.9. The Labute approximate surface area is 238 Å². The van der Waals surface area contributed by atoms with Crippen molar-refractivity contribution in [2.75, 3.05) is 17.4 Å². The molecule has 0 saturated carbocycles. The van der Waals surface area contributed by atoms with Crippen LogP contribution >= 0.6 is 23.2 Å². The van der Waals surface area contributed by atoms with E-state index in [1.54, 1.807) is 31.2 Å². The predicted molar refractivity (Wildman–Crippen MR) is 152 cm³/mol. The molecular weight excluding hydrogens is 564 g/mol. The van der Waals surface area contributed by atoms with Crippen molar-refractivity contribution >= 4 is 50.7 Å². The Hall–Kier alpha value is -3.14. The largest absolute Gasteiger partial charge is 0.354 e. The summed E-state index contributed by atoms with van der Waals surface area (Å²) in [5, 5.41) is 3.42. The summed E-state index contributed by atoms with van der Waals surface area (Å²) in [6.45, 7) is 4.77. The fourth-order valence-electron chi connectivity index (χ4n) is 3.82. The molecule has 0 saturated heterocycles. The number of aryl methyl sites for hydroxylation is 1. The second-order valence-corrected chi connectivity index (χ2v) is 11.7. The molecule has 0 unspecified atom stereocenters. The Morgan fingerprint density at radius 1 is 1.03 bits per heavy atom. The molecule has 0 aliphatic rings. The quantitative estimate of drug-likeness (QED) is 0.314. The summed E-state index contributed by atoms with van der Waals surface area (Å²) in [4.78, 5) is 27.8. The minimum absolute atomic E-state index is 0.106. The lowest BCUT2D eigenvalue weighted by molar-refractivity contribution is -0.139. The van der Waals surface area contributed by atoms with Crippen LogP contribution in [-0.4, -0.2) is 44.3 Å². The lowest BCUT2D eigenvalue weighted by Gasteiger charge is -2.32. The third-order valence-electron chi connectivity index (χ3n) is 6.08. The summed E-state index contributed by atoms with van der Waals surface area (Å²) < 4.78 is 43.1. The summed E-state index contributed by atoms with van der Waals surface area (Å²) in [6.07, 6.45) is 0.686. The zero-order valence-electron chi connectivity index (χ0n) is 21.8. The summed E-state index contributed by atoms with van der Waals surface area (Å²) in [6, 6.07) is 15.1. The average Bonchev–Trinajstić information content (AvgIpc) is 2.90. The normalized spacial score (nSPS) is 12.1. The molecule has 0 aliphatic carbocycles. The van der Waals surface area contributed by atoms with Crippen molar-refractivity contribution in [3.63, 3.8) is 0 Å². The average molecular weight is 595 g/mol. The fraction of sp³-hybridized carbons (Fsp3) is 0.286. The number of amides is 2. The minimum atomic E-state index is -4.37. The number of nitrogens with one attached hydrogen (secondary N) is 1. The van der Waals surface area contributed by atoms with Gasteiger partial charge >= 0.3 is 0 Å². The van der Waals surface area contributed by atoms with Gasteiger partial charge in [0.2, 0.25) is 11.8 Å². The number of hydrogen-bond donors (Lipinski definition) is 1. The van der Waals surface area contributed by atoms with Crippen LogP contribution in [0, 0.1) is 12.7 Å². The van der Waals surface area contributed by atoms with Gasteiger partial charge in [-0.05, 0) is 62.2 Å². The van der Waals surface area contributed by atoms with Crippen LogP contribution in [0.2, 0.25) is 10.0 Å². The Bertz CT molecular complexity index is 1430. The highest BCUT2D eigenvalue weighted by Crippen LogP contribution is 2.28. The van der Waals surface area contributed by atoms with Gasteiger partial charge in [0, 0.05) is 23.1 Å². The molecule has 0 aromatic heterocycles. The number of anilines is 1. The third-order valence-corrected chi connectivity index (χ3v) is 8.44. The molecular formula is C28H30Cl2FN3O4S. The number of carbonyl (C=O) groups excluding carboxylic acids is 2. The van der Waals surface area contributed by atoms with Gasteiger partial charge in [-0.1, -0.05) is 66.0 Å². The van der Waals surface area contributed by atoms with Gasteiger partial charge in [0.05, 0.1) is 10.6 Å². The van der Waals surface area contributed by atoms with E-state index in [2.05, 4.69) is 5.32 Å². The van der Waals surface area contributed by atoms with E-state index in [0.29, 0.717) is 23.6 Å². The molecule has 3 rings (SSSR count). The van der Waals surface area contributed by atoms with Gasteiger partial charge in [-0.2, -0.15) is 0 Å². The first-order chi connectivity index (χ1) is 18.4. The number of sulfonamides is 1. The number of halogens is 3. The molecule has 2 amide bonds. The Balaban J connectivity index is 2.05. The molecule has 0 aliphatic heterocycles. The molecule has 7 nitrogen and oxygen atoms in total. The van der Waals surface area contributed by atoms with Crippen LogP contribution in [0.4, 0.5) is 10.1 Å². The van der Waals surface area contributed by atoms with E-state index in [1.807, 2.05) is 6.92 Å². The molecule has 3 aromatic carbocycles. The minimum Gasteiger partial charge on any atom is -0.354 e. The SMILES string of the molecule is CCCNC(=O)[C@H](C)N(Cc1ccc(Cl)cc1Cl)C(=O)CN(c1ccccc1F)S(=O)(=O)c1ccc(C)cc1. The van der Waals surface area contributed by atoms with Gasteiger partial charge < -0.3 is 10.2 Å². The fourth-order valence-corrected chi connectivity index (χ4v) is 5.71. The van der Waals surface area contributed by atoms with Crippen molar-refractivity contribution in [1.29, 1.82) is 0 Å². The maximum atomic E-state index is 14.9. The highest BCUT2D eigenvalue weighted by atomic mass is 35.5. The molecule has 1 N–H and O–H groups in total. The molecule has 39 heavy (non-hydrogen) atoms. The number of nitrogens with zero attached hydrogens (tertiary/aromatic N) is 2. The molecule has 208 valence electrons. The molecule has 0 bridgehead atoms. The monoisotopic (exact) mass is 593 g/mol. The van der Waals surface area contributed by atoms with Crippen LogP contribution in [0.15, 0.2) is 71.6 Å². The van der Waals surface area contributed by atoms with Crippen molar-refractivity contribution < 1.29 is 22.4 Å². The third kappa shape index (κ3) is 7.50.